The number of hydrogen-bond donors (Lipinski definition) is 0. The van der Waals surface area contributed by atoms with Crippen molar-refractivity contribution in [2.24, 2.45) is 0 Å². The second-order valence-corrected chi connectivity index (χ2v) is 4.97. The van der Waals surface area contributed by atoms with E-state index >= 15 is 0 Å². The molecule has 0 unspecified atom stereocenters. The fraction of sp³-hybridized carbons (Fsp3) is 0.400. The normalized spacial score (nSPS) is 12.3. The molecule has 0 N–H and O–H groups in total. The summed E-state index contributed by atoms with van der Waals surface area (Å²) in [6.45, 7) is 2.22. The number of esters is 1. The molecule has 0 amide bonds. The van der Waals surface area contributed by atoms with Crippen LogP contribution in [0.15, 0.2) is 36.4 Å². The fourth-order valence-electron chi connectivity index (χ4n) is 1.56. The number of allylic oxidation sites excluding steroid dienone is 1. The van der Waals surface area contributed by atoms with Gasteiger partial charge in [-0.3, -0.25) is 4.79 Å². The minimum atomic E-state index is -0.333. The molecule has 0 aliphatic heterocycles. The summed E-state index contributed by atoms with van der Waals surface area (Å²) in [5.41, 5.74) is 1.05. The van der Waals surface area contributed by atoms with E-state index < -0.39 is 0 Å². The van der Waals surface area contributed by atoms with Crippen LogP contribution in [0.3, 0.4) is 0 Å². The minimum Gasteiger partial charge on any atom is -0.497 e. The van der Waals surface area contributed by atoms with Gasteiger partial charge in [-0.1, -0.05) is 40.8 Å². The largest absolute Gasteiger partial charge is 0.497 e. The van der Waals surface area contributed by atoms with Crippen LogP contribution in [-0.4, -0.2) is 30.2 Å². The lowest BCUT2D eigenvalue weighted by Gasteiger charge is -2.13. The number of benzene rings is 1. The van der Waals surface area contributed by atoms with Crippen molar-refractivity contribution in [1.82, 2.24) is 0 Å². The lowest BCUT2D eigenvalue weighted by atomic mass is 10.2. The first-order chi connectivity index (χ1) is 9.65. The van der Waals surface area contributed by atoms with Gasteiger partial charge in [0.2, 0.25) is 0 Å². The fourth-order valence-corrected chi connectivity index (χ4v) is 1.85. The van der Waals surface area contributed by atoms with E-state index in [1.54, 1.807) is 7.11 Å². The van der Waals surface area contributed by atoms with Gasteiger partial charge in [0.05, 0.1) is 20.3 Å². The van der Waals surface area contributed by atoms with E-state index in [9.17, 15) is 4.79 Å². The summed E-state index contributed by atoms with van der Waals surface area (Å²) < 4.78 is 16.7. The number of halogens is 1. The minimum absolute atomic E-state index is 0.304. The Morgan fingerprint density at radius 1 is 1.35 bits per heavy atom. The van der Waals surface area contributed by atoms with Gasteiger partial charge in [-0.05, 0) is 23.8 Å². The molecule has 0 aliphatic carbocycles. The zero-order valence-electron chi connectivity index (χ0n) is 11.7. The Hall–Kier alpha value is -1.08. The van der Waals surface area contributed by atoms with Crippen LogP contribution in [0.2, 0.25) is 0 Å². The Labute approximate surface area is 133 Å². The molecule has 110 valence electrons. The molecular formula is C15H19IO4. The van der Waals surface area contributed by atoms with Gasteiger partial charge in [0.25, 0.3) is 0 Å². The molecule has 0 radical (unpaired) electrons. The predicted molar refractivity (Wildman–Crippen MR) is 86.2 cm³/mol. The number of ether oxygens (including phenoxy) is 3. The SMILES string of the molecule is COc1ccc(COC[C@H](/C=C\CI)OC(C)=O)cc1. The Balaban J connectivity index is 2.42. The van der Waals surface area contributed by atoms with Crippen molar-refractivity contribution in [3.05, 3.63) is 42.0 Å². The van der Waals surface area contributed by atoms with Gasteiger partial charge in [0.15, 0.2) is 0 Å². The Kier molecular flexibility index (Phi) is 8.29. The molecule has 5 heteroatoms. The average Bonchev–Trinajstić information content (AvgIpc) is 2.44. The molecule has 4 nitrogen and oxygen atoms in total. The maximum absolute atomic E-state index is 11.0. The van der Waals surface area contributed by atoms with Crippen LogP contribution >= 0.6 is 22.6 Å². The molecular weight excluding hydrogens is 371 g/mol. The Bertz CT molecular complexity index is 428. The van der Waals surface area contributed by atoms with Crippen molar-refractivity contribution in [3.63, 3.8) is 0 Å². The van der Waals surface area contributed by atoms with Gasteiger partial charge in [-0.25, -0.2) is 0 Å². The highest BCUT2D eigenvalue weighted by Gasteiger charge is 2.08. The van der Waals surface area contributed by atoms with Crippen LogP contribution in [0, 0.1) is 0 Å². The summed E-state index contributed by atoms with van der Waals surface area (Å²) in [7, 11) is 1.63. The van der Waals surface area contributed by atoms with Crippen molar-refractivity contribution in [3.8, 4) is 5.75 Å². The molecule has 1 aromatic rings. The maximum Gasteiger partial charge on any atom is 0.303 e. The smallest absolute Gasteiger partial charge is 0.303 e. The van der Waals surface area contributed by atoms with Crippen molar-refractivity contribution < 1.29 is 19.0 Å². The van der Waals surface area contributed by atoms with E-state index in [0.717, 1.165) is 15.7 Å². The number of carbonyl (C=O) groups is 1. The van der Waals surface area contributed by atoms with Gasteiger partial charge >= 0.3 is 5.97 Å². The first-order valence-electron chi connectivity index (χ1n) is 6.26. The van der Waals surface area contributed by atoms with Crippen molar-refractivity contribution in [1.29, 1.82) is 0 Å². The monoisotopic (exact) mass is 390 g/mol. The first kappa shape index (κ1) is 17.0. The topological polar surface area (TPSA) is 44.8 Å². The number of hydrogen-bond acceptors (Lipinski definition) is 4. The zero-order valence-corrected chi connectivity index (χ0v) is 13.8. The molecule has 0 heterocycles. The van der Waals surface area contributed by atoms with Gasteiger partial charge < -0.3 is 14.2 Å². The van der Waals surface area contributed by atoms with Crippen molar-refractivity contribution in [2.45, 2.75) is 19.6 Å². The summed E-state index contributed by atoms with van der Waals surface area (Å²) in [6.07, 6.45) is 3.47. The van der Waals surface area contributed by atoms with Gasteiger partial charge in [-0.2, -0.15) is 0 Å². The second kappa shape index (κ2) is 9.77. The second-order valence-electron chi connectivity index (χ2n) is 4.09. The van der Waals surface area contributed by atoms with Crippen LogP contribution < -0.4 is 4.74 Å². The molecule has 0 saturated heterocycles. The highest BCUT2D eigenvalue weighted by Crippen LogP contribution is 2.12. The number of carbonyl (C=O) groups excluding carboxylic acids is 1. The van der Waals surface area contributed by atoms with Crippen LogP contribution in [0.5, 0.6) is 5.75 Å². The lowest BCUT2D eigenvalue weighted by Crippen LogP contribution is -2.20. The van der Waals surface area contributed by atoms with Crippen LogP contribution in [0.4, 0.5) is 0 Å². The van der Waals surface area contributed by atoms with Crippen LogP contribution in [-0.2, 0) is 20.9 Å². The van der Waals surface area contributed by atoms with E-state index in [-0.39, 0.29) is 12.1 Å². The molecule has 0 fully saturated rings. The molecule has 0 bridgehead atoms. The van der Waals surface area contributed by atoms with Crippen LogP contribution in [0.25, 0.3) is 0 Å². The number of alkyl halides is 1. The van der Waals surface area contributed by atoms with Crippen LogP contribution in [0.1, 0.15) is 12.5 Å². The van der Waals surface area contributed by atoms with Gasteiger partial charge in [-0.15, -0.1) is 0 Å². The molecule has 1 rings (SSSR count). The third-order valence-electron chi connectivity index (χ3n) is 2.47. The van der Waals surface area contributed by atoms with E-state index in [1.807, 2.05) is 36.4 Å². The van der Waals surface area contributed by atoms with E-state index in [1.165, 1.54) is 6.92 Å². The highest BCUT2D eigenvalue weighted by molar-refractivity contribution is 14.1. The molecule has 1 atom stereocenters. The Morgan fingerprint density at radius 2 is 2.05 bits per heavy atom. The number of rotatable bonds is 8. The van der Waals surface area contributed by atoms with Crippen molar-refractivity contribution in [2.75, 3.05) is 18.1 Å². The van der Waals surface area contributed by atoms with E-state index in [4.69, 9.17) is 14.2 Å². The highest BCUT2D eigenvalue weighted by atomic mass is 127. The summed E-state index contributed by atoms with van der Waals surface area (Å²) >= 11 is 2.23. The molecule has 0 spiro atoms. The third-order valence-corrected chi connectivity index (χ3v) is 2.98. The molecule has 0 aliphatic rings. The van der Waals surface area contributed by atoms with E-state index in [0.29, 0.717) is 13.2 Å². The summed E-state index contributed by atoms with van der Waals surface area (Å²) in [5, 5.41) is 0. The molecule has 1 aromatic carbocycles. The average molecular weight is 390 g/mol. The van der Waals surface area contributed by atoms with Gasteiger partial charge in [0.1, 0.15) is 11.9 Å². The predicted octanol–water partition coefficient (Wildman–Crippen LogP) is 3.13. The summed E-state index contributed by atoms with van der Waals surface area (Å²) in [6, 6.07) is 7.66. The summed E-state index contributed by atoms with van der Waals surface area (Å²) in [4.78, 5) is 11.0. The Morgan fingerprint density at radius 3 is 2.60 bits per heavy atom. The molecule has 0 aromatic heterocycles. The summed E-state index contributed by atoms with van der Waals surface area (Å²) in [5.74, 6) is 0.512. The lowest BCUT2D eigenvalue weighted by molar-refractivity contribution is -0.146. The first-order valence-corrected chi connectivity index (χ1v) is 7.78. The van der Waals surface area contributed by atoms with Gasteiger partial charge in [0, 0.05) is 11.4 Å². The third kappa shape index (κ3) is 6.91. The maximum atomic E-state index is 11.0. The quantitative estimate of drug-likeness (QED) is 0.296. The molecule has 20 heavy (non-hydrogen) atoms. The number of methoxy groups -OCH3 is 1. The zero-order chi connectivity index (χ0) is 14.8. The van der Waals surface area contributed by atoms with E-state index in [2.05, 4.69) is 22.6 Å². The standard InChI is InChI=1S/C15H19IO4/c1-12(17)20-15(4-3-9-16)11-19-10-13-5-7-14(18-2)8-6-13/h3-8,15H,9-11H2,1-2H3/b4-3-/t15-/m0/s1. The van der Waals surface area contributed by atoms with Crippen molar-refractivity contribution >= 4 is 28.6 Å². The molecule has 0 saturated carbocycles.